The van der Waals surface area contributed by atoms with Gasteiger partial charge in [0.25, 0.3) is 0 Å². The van der Waals surface area contributed by atoms with Gasteiger partial charge in [-0.25, -0.2) is 29.9 Å². The summed E-state index contributed by atoms with van der Waals surface area (Å²) >= 11 is 0. The van der Waals surface area contributed by atoms with Crippen LogP contribution in [0.15, 0.2) is 467 Å². The highest BCUT2D eigenvalue weighted by atomic mass is 15.2. The van der Waals surface area contributed by atoms with Crippen molar-refractivity contribution in [2.24, 2.45) is 0 Å². The first-order valence-corrected chi connectivity index (χ1v) is 45.8. The predicted octanol–water partition coefficient (Wildman–Crippen LogP) is 32.0. The summed E-state index contributed by atoms with van der Waals surface area (Å²) < 4.78 is 9.23. The zero-order valence-electron chi connectivity index (χ0n) is 73.7. The molecule has 1 unspecified atom stereocenters. The maximum absolute atomic E-state index is 5.38. The third-order valence-corrected chi connectivity index (χ3v) is 26.4. The van der Waals surface area contributed by atoms with E-state index in [2.05, 4.69) is 463 Å². The average molecular weight is 1720 g/mol. The van der Waals surface area contributed by atoms with Crippen LogP contribution in [0.2, 0.25) is 0 Å². The van der Waals surface area contributed by atoms with Crippen molar-refractivity contribution in [2.45, 2.75) is 26.2 Å². The van der Waals surface area contributed by atoms with E-state index < -0.39 is 0 Å². The second-order valence-corrected chi connectivity index (χ2v) is 34.5. The topological polar surface area (TPSA) is 97.1 Å². The van der Waals surface area contributed by atoms with Crippen molar-refractivity contribution in [1.82, 2.24) is 48.2 Å². The van der Waals surface area contributed by atoms with Crippen LogP contribution >= 0.6 is 0 Å². The summed E-state index contributed by atoms with van der Waals surface area (Å²) in [6, 6.07) is 166. The molecule has 7 aromatic heterocycles. The van der Waals surface area contributed by atoms with Gasteiger partial charge in [0.05, 0.1) is 78.3 Å². The molecule has 0 radical (unpaired) electrons. The molecular weight excluding hydrogens is 1630 g/mol. The molecule has 0 aliphatic heterocycles. The first kappa shape index (κ1) is 79.8. The van der Waals surface area contributed by atoms with Gasteiger partial charge in [-0.15, -0.1) is 0 Å². The Morgan fingerprint density at radius 3 is 0.761 bits per heavy atom. The van der Waals surface area contributed by atoms with E-state index in [1.165, 1.54) is 66.0 Å². The van der Waals surface area contributed by atoms with Gasteiger partial charge in [0.15, 0.2) is 5.82 Å². The molecule has 0 aliphatic carbocycles. The molecule has 0 spiro atoms. The third kappa shape index (κ3) is 14.7. The lowest BCUT2D eigenvalue weighted by atomic mass is 9.98. The van der Waals surface area contributed by atoms with Crippen LogP contribution in [0.4, 0.5) is 0 Å². The van der Waals surface area contributed by atoms with Crippen molar-refractivity contribution < 1.29 is 0 Å². The van der Waals surface area contributed by atoms with Crippen LogP contribution in [0, 0.1) is 0 Å². The molecule has 25 rings (SSSR count). The van der Waals surface area contributed by atoms with Crippen molar-refractivity contribution >= 4 is 87.2 Å². The van der Waals surface area contributed by atoms with Crippen LogP contribution in [0.1, 0.15) is 31.7 Å². The summed E-state index contributed by atoms with van der Waals surface area (Å²) in [6.07, 6.45) is 1.13. The lowest BCUT2D eigenvalue weighted by molar-refractivity contribution is 0.733. The van der Waals surface area contributed by atoms with Crippen LogP contribution < -0.4 is 0 Å². The fourth-order valence-electron chi connectivity index (χ4n) is 19.5. The van der Waals surface area contributed by atoms with Crippen LogP contribution in [-0.2, 0) is 0 Å². The molecule has 632 valence electrons. The maximum Gasteiger partial charge on any atom is 0.235 e. The Morgan fingerprint density at radius 2 is 0.418 bits per heavy atom. The molecule has 0 bridgehead atoms. The van der Waals surface area contributed by atoms with Crippen LogP contribution in [0.3, 0.4) is 0 Å². The highest BCUT2D eigenvalue weighted by Gasteiger charge is 2.25. The second-order valence-electron chi connectivity index (χ2n) is 34.5. The molecule has 10 heteroatoms. The first-order chi connectivity index (χ1) is 66.3. The first-order valence-electron chi connectivity index (χ1n) is 45.8. The minimum Gasteiger partial charge on any atom is -0.309 e. The van der Waals surface area contributed by atoms with E-state index in [1.54, 1.807) is 0 Å². The highest BCUT2D eigenvalue weighted by Crippen LogP contribution is 2.44. The van der Waals surface area contributed by atoms with Gasteiger partial charge in [0.2, 0.25) is 11.9 Å². The van der Waals surface area contributed by atoms with E-state index in [4.69, 9.17) is 29.9 Å². The SMILES string of the molecule is CCC(C)c1ccc(-n2c3ccccc3c3cc(-c4ccc5c(c4)c4ccccc4n5-c4ccc(-c5cc(-c6ccccc6)nc(-c6ccccc6)n5)cc4)ccc32)cc1.c1ccc(-c2cccc(-c3cc(-c4ccccc4)nc(-n4c5ccccc5c5cc(-c6ccc7c(c6)c6ccccc6n7-c6nc(-c7ccccc7)cc(-c7cccc(-c8ccccc8)c7)n6)ccc54)n3)c2)cc1. The molecule has 0 N–H and O–H groups in total. The lowest BCUT2D eigenvalue weighted by Crippen LogP contribution is -2.04. The number of nitrogens with zero attached hydrogens (tertiary/aromatic N) is 10. The average Bonchev–Trinajstić information content (AvgIpc) is 1.59. The zero-order valence-corrected chi connectivity index (χ0v) is 73.7. The van der Waals surface area contributed by atoms with Crippen molar-refractivity contribution in [3.63, 3.8) is 0 Å². The van der Waals surface area contributed by atoms with Gasteiger partial charge in [0, 0.05) is 93.4 Å². The maximum atomic E-state index is 5.38. The normalized spacial score (nSPS) is 11.8. The van der Waals surface area contributed by atoms with E-state index in [9.17, 15) is 0 Å². The number of para-hydroxylation sites is 4. The van der Waals surface area contributed by atoms with Crippen LogP contribution in [0.25, 0.3) is 234 Å². The zero-order chi connectivity index (χ0) is 89.1. The molecule has 134 heavy (non-hydrogen) atoms. The molecule has 0 fully saturated rings. The molecule has 0 amide bonds. The summed E-state index contributed by atoms with van der Waals surface area (Å²) in [7, 11) is 0. The van der Waals surface area contributed by atoms with Gasteiger partial charge in [-0.1, -0.05) is 354 Å². The number of benzene rings is 18. The van der Waals surface area contributed by atoms with E-state index in [0.29, 0.717) is 23.6 Å². The lowest BCUT2D eigenvalue weighted by Gasteiger charge is -2.13. The molecular formula is C124H86N10. The smallest absolute Gasteiger partial charge is 0.235 e. The Balaban J connectivity index is 0.000000150. The molecule has 7 heterocycles. The van der Waals surface area contributed by atoms with E-state index in [1.807, 2.05) is 36.4 Å². The Kier molecular flexibility index (Phi) is 20.3. The fourth-order valence-corrected chi connectivity index (χ4v) is 19.5. The Bertz CT molecular complexity index is 8420. The predicted molar refractivity (Wildman–Crippen MR) is 556 cm³/mol. The number of fused-ring (bicyclic) bond motifs is 12. The van der Waals surface area contributed by atoms with E-state index in [0.717, 1.165) is 162 Å². The van der Waals surface area contributed by atoms with Crippen molar-refractivity contribution in [3.8, 4) is 147 Å². The van der Waals surface area contributed by atoms with Crippen molar-refractivity contribution in [3.05, 3.63) is 473 Å². The quantitative estimate of drug-likeness (QED) is 0.0901. The fraction of sp³-hybridized carbons (Fsp3) is 0.0323. The molecule has 0 aliphatic rings. The summed E-state index contributed by atoms with van der Waals surface area (Å²) in [5.74, 6) is 2.49. The molecule has 10 nitrogen and oxygen atoms in total. The molecule has 1 atom stereocenters. The summed E-state index contributed by atoms with van der Waals surface area (Å²) in [4.78, 5) is 31.5. The van der Waals surface area contributed by atoms with Gasteiger partial charge in [-0.05, 0) is 190 Å². The van der Waals surface area contributed by atoms with Crippen LogP contribution in [-0.4, -0.2) is 48.2 Å². The molecule has 25 aromatic rings. The second kappa shape index (κ2) is 34.1. The van der Waals surface area contributed by atoms with Crippen LogP contribution in [0.5, 0.6) is 0 Å². The molecule has 18 aromatic carbocycles. The standard InChI is InChI=1S/C68H44N6.C56H42N4/c1-5-19-45(20-6-1)49-27-17-29-53(39-49)61-43-59(47-23-9-3-10-24-47)69-67(71-61)73-63-33-15-13-31-55(63)57-41-51(35-37-65(57)73)52-36-38-66-58(42-52)56-32-14-16-34-64(56)74(66)68-70-60(48-25-11-4-12-26-48)44-62(72-68)54-30-18-28-50(40-54)46-21-7-2-8-22-46;1-3-37(2)38-22-28-44(29-23-38)59-52-20-12-10-18-46(52)48-34-42(26-32-54(48)59)43-27-33-55-49(35-43)47-19-11-13-21-53(47)60(55)45-30-24-40(25-31-45)51-36-50(39-14-6-4-7-15-39)57-56(58-51)41-16-8-5-9-17-41/h1-44H;4-37H,3H2,1-2H3. The van der Waals surface area contributed by atoms with Gasteiger partial charge in [0.1, 0.15) is 0 Å². The number of aromatic nitrogens is 10. The van der Waals surface area contributed by atoms with Crippen molar-refractivity contribution in [1.29, 1.82) is 0 Å². The molecule has 0 saturated carbocycles. The Labute approximate surface area is 775 Å². The number of rotatable bonds is 17. The van der Waals surface area contributed by atoms with Gasteiger partial charge in [-0.3, -0.25) is 9.13 Å². The minimum absolute atomic E-state index is 0.546. The third-order valence-electron chi connectivity index (χ3n) is 26.4. The van der Waals surface area contributed by atoms with Gasteiger partial charge in [-0.2, -0.15) is 0 Å². The number of hydrogen-bond acceptors (Lipinski definition) is 6. The summed E-state index contributed by atoms with van der Waals surface area (Å²) in [5.41, 5.74) is 34.2. The monoisotopic (exact) mass is 1710 g/mol. The largest absolute Gasteiger partial charge is 0.309 e. The Hall–Kier alpha value is -17.6. The minimum atomic E-state index is 0.546. The number of hydrogen-bond donors (Lipinski definition) is 0. The molecule has 0 saturated heterocycles. The highest BCUT2D eigenvalue weighted by molar-refractivity contribution is 6.15. The van der Waals surface area contributed by atoms with Gasteiger partial charge >= 0.3 is 0 Å². The van der Waals surface area contributed by atoms with Crippen molar-refractivity contribution in [2.75, 3.05) is 0 Å². The van der Waals surface area contributed by atoms with Gasteiger partial charge < -0.3 is 9.13 Å². The van der Waals surface area contributed by atoms with E-state index >= 15 is 0 Å². The Morgan fingerprint density at radius 1 is 0.179 bits per heavy atom. The van der Waals surface area contributed by atoms with E-state index in [-0.39, 0.29) is 0 Å². The summed E-state index contributed by atoms with van der Waals surface area (Å²) in [5, 5.41) is 9.48. The summed E-state index contributed by atoms with van der Waals surface area (Å²) in [6.45, 7) is 4.55.